The fourth-order valence-corrected chi connectivity index (χ4v) is 4.38. The van der Waals surface area contributed by atoms with Gasteiger partial charge in [0.1, 0.15) is 11.1 Å². The number of aromatic nitrogens is 2. The highest BCUT2D eigenvalue weighted by atomic mass is 35.5. The van der Waals surface area contributed by atoms with E-state index in [0.717, 1.165) is 26.7 Å². The zero-order chi connectivity index (χ0) is 17.3. The first-order valence-corrected chi connectivity index (χ1v) is 8.93. The maximum absolute atomic E-state index is 10.8. The Morgan fingerprint density at radius 2 is 1.71 bits per heavy atom. The number of benzene rings is 2. The summed E-state index contributed by atoms with van der Waals surface area (Å²) in [7, 11) is 1.86. The Kier molecular flexibility index (Phi) is 5.21. The van der Waals surface area contributed by atoms with Gasteiger partial charge in [-0.05, 0) is 30.7 Å². The molecule has 3 rings (SSSR count). The molecule has 0 aliphatic heterocycles. The SMILES string of the molecule is Cc1nn(C)c(Sc2cc(Cl)cc(Cl)c2)c1C(O)c1ccccc1. The van der Waals surface area contributed by atoms with Crippen LogP contribution in [0, 0.1) is 6.92 Å². The van der Waals surface area contributed by atoms with Gasteiger partial charge in [-0.2, -0.15) is 5.10 Å². The van der Waals surface area contributed by atoms with Crippen molar-refractivity contribution in [2.45, 2.75) is 22.9 Å². The molecule has 3 nitrogen and oxygen atoms in total. The number of hydrogen-bond acceptors (Lipinski definition) is 3. The molecule has 0 amide bonds. The van der Waals surface area contributed by atoms with Gasteiger partial charge in [-0.25, -0.2) is 0 Å². The van der Waals surface area contributed by atoms with Crippen molar-refractivity contribution in [3.63, 3.8) is 0 Å². The smallest absolute Gasteiger partial charge is 0.108 e. The predicted octanol–water partition coefficient (Wildman–Crippen LogP) is 5.27. The minimum atomic E-state index is -0.739. The van der Waals surface area contributed by atoms with Gasteiger partial charge in [0.2, 0.25) is 0 Å². The molecular weight excluding hydrogens is 363 g/mol. The summed E-state index contributed by atoms with van der Waals surface area (Å²) in [6.45, 7) is 1.90. The van der Waals surface area contributed by atoms with E-state index in [2.05, 4.69) is 5.10 Å². The summed E-state index contributed by atoms with van der Waals surface area (Å²) in [5, 5.41) is 17.3. The molecule has 0 radical (unpaired) electrons. The van der Waals surface area contributed by atoms with Crippen LogP contribution in [0.4, 0.5) is 0 Å². The molecule has 1 unspecified atom stereocenters. The summed E-state index contributed by atoms with van der Waals surface area (Å²) in [4.78, 5) is 0.900. The minimum Gasteiger partial charge on any atom is -0.383 e. The molecule has 3 aromatic rings. The van der Waals surface area contributed by atoms with Gasteiger partial charge >= 0.3 is 0 Å². The number of rotatable bonds is 4. The van der Waals surface area contributed by atoms with Crippen LogP contribution in [0.5, 0.6) is 0 Å². The van der Waals surface area contributed by atoms with Crippen LogP contribution in [0.25, 0.3) is 0 Å². The Morgan fingerprint density at radius 1 is 1.08 bits per heavy atom. The van der Waals surface area contributed by atoms with Crippen LogP contribution in [0.3, 0.4) is 0 Å². The Balaban J connectivity index is 2.02. The van der Waals surface area contributed by atoms with Crippen molar-refractivity contribution in [1.82, 2.24) is 9.78 Å². The lowest BCUT2D eigenvalue weighted by molar-refractivity contribution is 0.216. The van der Waals surface area contributed by atoms with E-state index in [1.165, 1.54) is 11.8 Å². The Hall–Kier alpha value is -1.46. The maximum Gasteiger partial charge on any atom is 0.108 e. The van der Waals surface area contributed by atoms with Gasteiger partial charge in [-0.15, -0.1) is 0 Å². The molecule has 0 aliphatic rings. The van der Waals surface area contributed by atoms with Crippen LogP contribution in [0.15, 0.2) is 58.5 Å². The maximum atomic E-state index is 10.8. The summed E-state index contributed by atoms with van der Waals surface area (Å²) >= 11 is 13.7. The van der Waals surface area contributed by atoms with Crippen molar-refractivity contribution >= 4 is 35.0 Å². The Bertz CT molecular complexity index is 845. The monoisotopic (exact) mass is 378 g/mol. The van der Waals surface area contributed by atoms with Gasteiger partial charge in [0.15, 0.2) is 0 Å². The van der Waals surface area contributed by atoms with E-state index in [9.17, 15) is 5.11 Å². The summed E-state index contributed by atoms with van der Waals surface area (Å²) in [6.07, 6.45) is -0.739. The summed E-state index contributed by atoms with van der Waals surface area (Å²) in [5.74, 6) is 0. The molecule has 6 heteroatoms. The lowest BCUT2D eigenvalue weighted by Gasteiger charge is -2.13. The largest absolute Gasteiger partial charge is 0.383 e. The number of halogens is 2. The molecule has 124 valence electrons. The minimum absolute atomic E-state index is 0.578. The average Bonchev–Trinajstić information content (AvgIpc) is 2.80. The number of aliphatic hydroxyl groups excluding tert-OH is 1. The normalized spacial score (nSPS) is 12.4. The van der Waals surface area contributed by atoms with Crippen LogP contribution in [-0.2, 0) is 7.05 Å². The molecule has 1 aromatic heterocycles. The molecule has 2 aromatic carbocycles. The van der Waals surface area contributed by atoms with Gasteiger partial charge in [-0.3, -0.25) is 4.68 Å². The summed E-state index contributed by atoms with van der Waals surface area (Å²) < 4.78 is 1.77. The molecule has 1 heterocycles. The first-order valence-electron chi connectivity index (χ1n) is 7.36. The molecule has 0 saturated heterocycles. The van der Waals surface area contributed by atoms with E-state index in [1.54, 1.807) is 10.7 Å². The quantitative estimate of drug-likeness (QED) is 0.671. The van der Waals surface area contributed by atoms with E-state index >= 15 is 0 Å². The highest BCUT2D eigenvalue weighted by molar-refractivity contribution is 7.99. The lowest BCUT2D eigenvalue weighted by Crippen LogP contribution is -2.02. The highest BCUT2D eigenvalue weighted by Gasteiger charge is 2.23. The Labute approximate surface area is 155 Å². The number of aryl methyl sites for hydroxylation is 2. The number of hydrogen-bond donors (Lipinski definition) is 1. The van der Waals surface area contributed by atoms with E-state index in [-0.39, 0.29) is 0 Å². The van der Waals surface area contributed by atoms with Crippen molar-refractivity contribution in [2.24, 2.45) is 7.05 Å². The zero-order valence-electron chi connectivity index (χ0n) is 13.2. The van der Waals surface area contributed by atoms with Crippen LogP contribution in [-0.4, -0.2) is 14.9 Å². The zero-order valence-corrected chi connectivity index (χ0v) is 15.5. The van der Waals surface area contributed by atoms with Gasteiger partial charge < -0.3 is 5.11 Å². The molecule has 1 atom stereocenters. The van der Waals surface area contributed by atoms with Crippen molar-refractivity contribution in [3.05, 3.63) is 75.4 Å². The van der Waals surface area contributed by atoms with Crippen molar-refractivity contribution < 1.29 is 5.11 Å². The number of aliphatic hydroxyl groups is 1. The molecule has 0 aliphatic carbocycles. The van der Waals surface area contributed by atoms with Crippen LogP contribution >= 0.6 is 35.0 Å². The van der Waals surface area contributed by atoms with E-state index in [1.807, 2.05) is 56.4 Å². The fourth-order valence-electron chi connectivity index (χ4n) is 2.59. The van der Waals surface area contributed by atoms with Crippen LogP contribution in [0.1, 0.15) is 22.9 Å². The van der Waals surface area contributed by atoms with Gasteiger partial charge in [0, 0.05) is 27.6 Å². The first-order chi connectivity index (χ1) is 11.5. The molecule has 0 bridgehead atoms. The lowest BCUT2D eigenvalue weighted by atomic mass is 10.0. The van der Waals surface area contributed by atoms with Gasteiger partial charge in [-0.1, -0.05) is 65.3 Å². The van der Waals surface area contributed by atoms with E-state index in [4.69, 9.17) is 23.2 Å². The first kappa shape index (κ1) is 17.4. The highest BCUT2D eigenvalue weighted by Crippen LogP contribution is 2.38. The topological polar surface area (TPSA) is 38.0 Å². The van der Waals surface area contributed by atoms with Gasteiger partial charge in [0.05, 0.1) is 5.69 Å². The van der Waals surface area contributed by atoms with Crippen molar-refractivity contribution in [1.29, 1.82) is 0 Å². The predicted molar refractivity (Wildman–Crippen MR) is 99.0 cm³/mol. The van der Waals surface area contributed by atoms with Crippen molar-refractivity contribution in [2.75, 3.05) is 0 Å². The van der Waals surface area contributed by atoms with Crippen LogP contribution in [0.2, 0.25) is 10.0 Å². The fraction of sp³-hybridized carbons (Fsp3) is 0.167. The number of nitrogens with zero attached hydrogens (tertiary/aromatic N) is 2. The summed E-state index contributed by atoms with van der Waals surface area (Å²) in [6, 6.07) is 14.9. The third-order valence-corrected chi connectivity index (χ3v) is 5.24. The van der Waals surface area contributed by atoms with E-state index in [0.29, 0.717) is 10.0 Å². The second-order valence-electron chi connectivity index (χ2n) is 5.45. The van der Waals surface area contributed by atoms with Gasteiger partial charge in [0.25, 0.3) is 0 Å². The molecule has 0 fully saturated rings. The standard InChI is InChI=1S/C18H16Cl2N2OS/c1-11-16(17(23)12-6-4-3-5-7-12)18(22(2)21-11)24-15-9-13(19)8-14(20)10-15/h3-10,17,23H,1-2H3. The molecule has 0 spiro atoms. The molecular formula is C18H16Cl2N2OS. The van der Waals surface area contributed by atoms with E-state index < -0.39 is 6.10 Å². The second-order valence-corrected chi connectivity index (χ2v) is 7.38. The van der Waals surface area contributed by atoms with Crippen LogP contribution < -0.4 is 0 Å². The third-order valence-electron chi connectivity index (χ3n) is 3.65. The van der Waals surface area contributed by atoms with Crippen molar-refractivity contribution in [3.8, 4) is 0 Å². The molecule has 24 heavy (non-hydrogen) atoms. The molecule has 1 N–H and O–H groups in total. The third kappa shape index (κ3) is 3.62. The second kappa shape index (κ2) is 7.19. The average molecular weight is 379 g/mol. The summed E-state index contributed by atoms with van der Waals surface area (Å²) in [5.41, 5.74) is 2.42. The Morgan fingerprint density at radius 3 is 2.33 bits per heavy atom. The molecule has 0 saturated carbocycles.